The molecular formula is C16H24N4O2. The zero-order valence-electron chi connectivity index (χ0n) is 13.2. The van der Waals surface area contributed by atoms with Crippen molar-refractivity contribution in [1.82, 2.24) is 20.2 Å². The minimum atomic E-state index is -0.347. The van der Waals surface area contributed by atoms with Gasteiger partial charge in [0.25, 0.3) is 0 Å². The summed E-state index contributed by atoms with van der Waals surface area (Å²) in [6, 6.07) is 7.76. The molecule has 0 aliphatic rings. The summed E-state index contributed by atoms with van der Waals surface area (Å²) < 4.78 is 2.09. The normalized spacial score (nSPS) is 12.3. The fraction of sp³-hybridized carbons (Fsp3) is 0.500. The third-order valence-electron chi connectivity index (χ3n) is 3.70. The van der Waals surface area contributed by atoms with Crippen LogP contribution in [0.4, 0.5) is 4.79 Å². The molecule has 6 nitrogen and oxygen atoms in total. The monoisotopic (exact) mass is 304 g/mol. The van der Waals surface area contributed by atoms with Gasteiger partial charge in [-0.25, -0.2) is 9.78 Å². The minimum Gasteiger partial charge on any atom is -0.393 e. The number of nitrogens with one attached hydrogen (secondary N) is 2. The van der Waals surface area contributed by atoms with Crippen molar-refractivity contribution in [2.45, 2.75) is 39.3 Å². The fourth-order valence-corrected chi connectivity index (χ4v) is 2.38. The number of aryl methyl sites for hydroxylation is 1. The number of amides is 2. The van der Waals surface area contributed by atoms with Gasteiger partial charge in [0.05, 0.1) is 17.1 Å². The zero-order valence-corrected chi connectivity index (χ0v) is 13.2. The molecule has 2 rings (SSSR count). The molecule has 1 aromatic heterocycles. The van der Waals surface area contributed by atoms with Crippen molar-refractivity contribution in [3.8, 4) is 0 Å². The summed E-state index contributed by atoms with van der Waals surface area (Å²) in [7, 11) is 0. The van der Waals surface area contributed by atoms with Crippen LogP contribution in [0, 0.1) is 6.92 Å². The highest BCUT2D eigenvalue weighted by Gasteiger charge is 2.07. The Balaban J connectivity index is 1.78. The van der Waals surface area contributed by atoms with E-state index in [1.165, 1.54) is 0 Å². The van der Waals surface area contributed by atoms with Gasteiger partial charge >= 0.3 is 6.03 Å². The van der Waals surface area contributed by atoms with Crippen LogP contribution in [0.5, 0.6) is 0 Å². The van der Waals surface area contributed by atoms with E-state index in [-0.39, 0.29) is 12.1 Å². The average molecular weight is 304 g/mol. The van der Waals surface area contributed by atoms with Crippen LogP contribution in [0.1, 0.15) is 25.6 Å². The molecule has 0 saturated heterocycles. The molecule has 1 heterocycles. The van der Waals surface area contributed by atoms with E-state index < -0.39 is 0 Å². The van der Waals surface area contributed by atoms with E-state index in [9.17, 15) is 9.90 Å². The van der Waals surface area contributed by atoms with E-state index in [0.717, 1.165) is 16.9 Å². The maximum atomic E-state index is 11.7. The van der Waals surface area contributed by atoms with Gasteiger partial charge in [0.1, 0.15) is 5.82 Å². The first-order valence-corrected chi connectivity index (χ1v) is 7.73. The predicted octanol–water partition coefficient (Wildman–Crippen LogP) is 1.80. The van der Waals surface area contributed by atoms with E-state index >= 15 is 0 Å². The molecule has 22 heavy (non-hydrogen) atoms. The third kappa shape index (κ3) is 4.21. The van der Waals surface area contributed by atoms with Crippen LogP contribution in [-0.2, 0) is 6.54 Å². The number of aromatic nitrogens is 2. The van der Waals surface area contributed by atoms with E-state index in [0.29, 0.717) is 32.5 Å². The topological polar surface area (TPSA) is 79.2 Å². The third-order valence-corrected chi connectivity index (χ3v) is 3.70. The Morgan fingerprint density at radius 2 is 2.05 bits per heavy atom. The molecule has 0 aliphatic carbocycles. The number of urea groups is 1. The Bertz CT molecular complexity index is 624. The highest BCUT2D eigenvalue weighted by atomic mass is 16.3. The summed E-state index contributed by atoms with van der Waals surface area (Å²) in [6.45, 7) is 5.57. The number of imidazole rings is 1. The van der Waals surface area contributed by atoms with Gasteiger partial charge in [0.2, 0.25) is 0 Å². The molecule has 3 N–H and O–H groups in total. The highest BCUT2D eigenvalue weighted by Crippen LogP contribution is 2.14. The first kappa shape index (κ1) is 16.3. The number of carbonyl (C=O) groups is 1. The lowest BCUT2D eigenvalue weighted by Gasteiger charge is -2.11. The van der Waals surface area contributed by atoms with Crippen molar-refractivity contribution in [2.24, 2.45) is 0 Å². The van der Waals surface area contributed by atoms with Crippen LogP contribution < -0.4 is 10.6 Å². The Kier molecular flexibility index (Phi) is 5.77. The Morgan fingerprint density at radius 3 is 2.82 bits per heavy atom. The van der Waals surface area contributed by atoms with E-state index in [1.807, 2.05) is 38.1 Å². The van der Waals surface area contributed by atoms with Gasteiger partial charge in [0, 0.05) is 19.6 Å². The number of nitrogens with zero attached hydrogens (tertiary/aromatic N) is 2. The largest absolute Gasteiger partial charge is 0.393 e. The number of fused-ring (bicyclic) bond motifs is 1. The van der Waals surface area contributed by atoms with Crippen LogP contribution in [-0.4, -0.2) is 39.9 Å². The maximum absolute atomic E-state index is 11.7. The maximum Gasteiger partial charge on any atom is 0.314 e. The highest BCUT2D eigenvalue weighted by molar-refractivity contribution is 5.76. The van der Waals surface area contributed by atoms with Crippen LogP contribution in [0.15, 0.2) is 24.3 Å². The molecule has 0 radical (unpaired) electrons. The molecule has 0 spiro atoms. The number of aliphatic hydroxyl groups excluding tert-OH is 1. The van der Waals surface area contributed by atoms with Crippen LogP contribution in [0.3, 0.4) is 0 Å². The first-order chi connectivity index (χ1) is 10.6. The summed E-state index contributed by atoms with van der Waals surface area (Å²) in [6.07, 6.45) is 0.936. The Morgan fingerprint density at radius 1 is 1.32 bits per heavy atom. The summed E-state index contributed by atoms with van der Waals surface area (Å²) >= 11 is 0. The van der Waals surface area contributed by atoms with Crippen molar-refractivity contribution < 1.29 is 9.90 Å². The first-order valence-electron chi connectivity index (χ1n) is 7.73. The molecule has 0 aliphatic heterocycles. The quantitative estimate of drug-likeness (QED) is 0.730. The minimum absolute atomic E-state index is 0.203. The number of hydrogen-bond acceptors (Lipinski definition) is 3. The molecular weight excluding hydrogens is 280 g/mol. The molecule has 1 aromatic carbocycles. The van der Waals surface area contributed by atoms with E-state index in [4.69, 9.17) is 0 Å². The van der Waals surface area contributed by atoms with Crippen molar-refractivity contribution in [1.29, 1.82) is 0 Å². The summed E-state index contributed by atoms with van der Waals surface area (Å²) in [5.41, 5.74) is 2.05. The van der Waals surface area contributed by atoms with E-state index in [2.05, 4.69) is 20.2 Å². The molecule has 0 fully saturated rings. The lowest BCUT2D eigenvalue weighted by Crippen LogP contribution is -2.38. The zero-order chi connectivity index (χ0) is 15.9. The van der Waals surface area contributed by atoms with Gasteiger partial charge in [-0.2, -0.15) is 0 Å². The van der Waals surface area contributed by atoms with E-state index in [1.54, 1.807) is 0 Å². The van der Waals surface area contributed by atoms with Crippen LogP contribution in [0.2, 0.25) is 0 Å². The molecule has 1 atom stereocenters. The van der Waals surface area contributed by atoms with Gasteiger partial charge < -0.3 is 20.3 Å². The molecule has 2 amide bonds. The van der Waals surface area contributed by atoms with Crippen molar-refractivity contribution in [3.05, 3.63) is 30.1 Å². The Labute approximate surface area is 130 Å². The number of benzene rings is 1. The second-order valence-electron chi connectivity index (χ2n) is 5.33. The molecule has 120 valence electrons. The summed E-state index contributed by atoms with van der Waals surface area (Å²) in [5, 5.41) is 15.0. The van der Waals surface area contributed by atoms with Gasteiger partial charge in [-0.3, -0.25) is 0 Å². The summed E-state index contributed by atoms with van der Waals surface area (Å²) in [4.78, 5) is 16.2. The lowest BCUT2D eigenvalue weighted by molar-refractivity contribution is 0.160. The standard InChI is InChI=1S/C16H24N4O2/c1-3-13(21)8-9-17-16(22)18-10-11-20-12(2)19-14-6-4-5-7-15(14)20/h4-7,13,21H,3,8-11H2,1-2H3,(H2,17,18,22). The van der Waals surface area contributed by atoms with Crippen molar-refractivity contribution >= 4 is 17.1 Å². The predicted molar refractivity (Wildman–Crippen MR) is 86.8 cm³/mol. The number of rotatable bonds is 7. The van der Waals surface area contributed by atoms with Crippen LogP contribution in [0.25, 0.3) is 11.0 Å². The van der Waals surface area contributed by atoms with Gasteiger partial charge in [-0.05, 0) is 31.9 Å². The number of para-hydroxylation sites is 2. The van der Waals surface area contributed by atoms with Crippen molar-refractivity contribution in [2.75, 3.05) is 13.1 Å². The fourth-order valence-electron chi connectivity index (χ4n) is 2.38. The van der Waals surface area contributed by atoms with Gasteiger partial charge in [0.15, 0.2) is 0 Å². The summed E-state index contributed by atoms with van der Waals surface area (Å²) in [5.74, 6) is 0.939. The second-order valence-corrected chi connectivity index (χ2v) is 5.33. The van der Waals surface area contributed by atoms with Crippen LogP contribution >= 0.6 is 0 Å². The molecule has 1 unspecified atom stereocenters. The number of carbonyl (C=O) groups excluding carboxylic acids is 1. The second kappa shape index (κ2) is 7.79. The van der Waals surface area contributed by atoms with Gasteiger partial charge in [-0.1, -0.05) is 19.1 Å². The average Bonchev–Trinajstić information content (AvgIpc) is 2.83. The lowest BCUT2D eigenvalue weighted by atomic mass is 10.2. The smallest absolute Gasteiger partial charge is 0.314 e. The van der Waals surface area contributed by atoms with Gasteiger partial charge in [-0.15, -0.1) is 0 Å². The molecule has 0 bridgehead atoms. The Hall–Kier alpha value is -2.08. The SMILES string of the molecule is CCC(O)CCNC(=O)NCCn1c(C)nc2ccccc21. The molecule has 0 saturated carbocycles. The van der Waals surface area contributed by atoms with Crippen molar-refractivity contribution in [3.63, 3.8) is 0 Å². The molecule has 6 heteroatoms. The number of aliphatic hydroxyl groups is 1. The molecule has 2 aromatic rings. The number of hydrogen-bond donors (Lipinski definition) is 3.